The Hall–Kier alpha value is -2.98. The van der Waals surface area contributed by atoms with Crippen LogP contribution in [0.2, 0.25) is 5.02 Å². The van der Waals surface area contributed by atoms with Crippen molar-refractivity contribution in [2.75, 3.05) is 19.3 Å². The minimum absolute atomic E-state index is 0.188. The predicted molar refractivity (Wildman–Crippen MR) is 142 cm³/mol. The number of para-hydroxylation sites is 1. The van der Waals surface area contributed by atoms with E-state index in [1.807, 2.05) is 36.4 Å². The lowest BCUT2D eigenvalue weighted by atomic mass is 10.1. The van der Waals surface area contributed by atoms with E-state index in [0.717, 1.165) is 15.3 Å². The highest BCUT2D eigenvalue weighted by Gasteiger charge is 2.26. The molecule has 0 unspecified atom stereocenters. The molecule has 36 heavy (non-hydrogen) atoms. The number of aromatic nitrogens is 2. The normalized spacial score (nSPS) is 14.8. The van der Waals surface area contributed by atoms with Crippen molar-refractivity contribution in [2.24, 2.45) is 0 Å². The molecule has 2 aromatic carbocycles. The van der Waals surface area contributed by atoms with Crippen LogP contribution in [0, 0.1) is 0 Å². The number of hydrogen-bond acceptors (Lipinski definition) is 6. The van der Waals surface area contributed by atoms with Gasteiger partial charge in [0, 0.05) is 24.2 Å². The van der Waals surface area contributed by atoms with Gasteiger partial charge < -0.3 is 10.0 Å². The molecule has 1 amide bonds. The summed E-state index contributed by atoms with van der Waals surface area (Å²) in [4.78, 5) is 17.0. The van der Waals surface area contributed by atoms with Crippen LogP contribution < -0.4 is 0 Å². The summed E-state index contributed by atoms with van der Waals surface area (Å²) in [6.07, 6.45) is 1.90. The molecule has 0 radical (unpaired) electrons. The quantitative estimate of drug-likeness (QED) is 0.387. The lowest BCUT2D eigenvalue weighted by molar-refractivity contribution is 0.0541. The average molecular weight is 542 g/mol. The van der Waals surface area contributed by atoms with Crippen LogP contribution in [0.5, 0.6) is 0 Å². The molecule has 0 bridgehead atoms. The van der Waals surface area contributed by atoms with Crippen LogP contribution in [0.3, 0.4) is 0 Å². The van der Waals surface area contributed by atoms with Gasteiger partial charge in [-0.15, -0.1) is 11.3 Å². The number of halogens is 1. The summed E-state index contributed by atoms with van der Waals surface area (Å²) in [6, 6.07) is 19.8. The van der Waals surface area contributed by atoms with E-state index in [2.05, 4.69) is 5.10 Å². The highest BCUT2D eigenvalue weighted by atomic mass is 35.5. The minimum atomic E-state index is -3.33. The molecule has 1 aliphatic rings. The Bertz CT molecular complexity index is 1540. The second kappa shape index (κ2) is 9.82. The zero-order valence-electron chi connectivity index (χ0n) is 19.5. The Morgan fingerprint density at radius 1 is 1.03 bits per heavy atom. The highest BCUT2D eigenvalue weighted by Crippen LogP contribution is 2.37. The van der Waals surface area contributed by atoms with Crippen LogP contribution in [0.25, 0.3) is 26.7 Å². The smallest absolute Gasteiger partial charge is 0.274 e. The Morgan fingerprint density at radius 2 is 1.75 bits per heavy atom. The molecule has 7 nitrogen and oxygen atoms in total. The van der Waals surface area contributed by atoms with Gasteiger partial charge >= 0.3 is 0 Å². The van der Waals surface area contributed by atoms with E-state index in [1.54, 1.807) is 39.9 Å². The van der Waals surface area contributed by atoms with E-state index >= 15 is 0 Å². The second-order valence-electron chi connectivity index (χ2n) is 8.77. The van der Waals surface area contributed by atoms with E-state index in [9.17, 15) is 18.3 Å². The third kappa shape index (κ3) is 4.97. The molecule has 1 N–H and O–H groups in total. The van der Waals surface area contributed by atoms with Gasteiger partial charge in [0.15, 0.2) is 15.5 Å². The number of piperidine rings is 1. The van der Waals surface area contributed by atoms with Crippen LogP contribution in [-0.4, -0.2) is 59.6 Å². The summed E-state index contributed by atoms with van der Waals surface area (Å²) in [5.74, 6) is -0.188. The van der Waals surface area contributed by atoms with Gasteiger partial charge in [0.2, 0.25) is 0 Å². The monoisotopic (exact) mass is 541 g/mol. The Balaban J connectivity index is 1.56. The molecular formula is C26H24ClN3O4S2. The third-order valence-corrected chi connectivity index (χ3v) is 8.75. The SMILES string of the molecule is CS(=O)(=O)c1cccc(-c2ccc(-c3cc(C(=O)N4CCC(O)CC4)nn3-c3ccccc3Cl)s2)c1. The van der Waals surface area contributed by atoms with E-state index in [4.69, 9.17) is 11.6 Å². The molecule has 10 heteroatoms. The molecule has 186 valence electrons. The molecule has 0 saturated carbocycles. The van der Waals surface area contributed by atoms with E-state index in [-0.39, 0.29) is 16.9 Å². The molecule has 4 aromatic rings. The Kier molecular flexibility index (Phi) is 6.74. The number of carbonyl (C=O) groups excluding carboxylic acids is 1. The largest absolute Gasteiger partial charge is 0.393 e. The summed E-state index contributed by atoms with van der Waals surface area (Å²) in [5, 5.41) is 15.0. The van der Waals surface area contributed by atoms with Crippen LogP contribution >= 0.6 is 22.9 Å². The summed E-state index contributed by atoms with van der Waals surface area (Å²) in [7, 11) is -3.33. The van der Waals surface area contributed by atoms with Gasteiger partial charge in [-0.2, -0.15) is 5.10 Å². The fraction of sp³-hybridized carbons (Fsp3) is 0.231. The number of likely N-dealkylation sites (tertiary alicyclic amines) is 1. The standard InChI is InChI=1S/C26H24ClN3O4S2/c1-36(33,34)19-6-4-5-17(15-19)24-9-10-25(35-24)23-16-21(26(32)29-13-11-18(31)12-14-29)28-30(23)22-8-3-2-7-20(22)27/h2-10,15-16,18,31H,11-14H2,1H3. The topological polar surface area (TPSA) is 92.5 Å². The van der Waals surface area contributed by atoms with Crippen LogP contribution in [0.1, 0.15) is 23.3 Å². The summed E-state index contributed by atoms with van der Waals surface area (Å²) < 4.78 is 25.7. The van der Waals surface area contributed by atoms with Gasteiger partial charge in [-0.25, -0.2) is 13.1 Å². The summed E-state index contributed by atoms with van der Waals surface area (Å²) in [5.41, 5.74) is 2.45. The average Bonchev–Trinajstić information content (AvgIpc) is 3.52. The molecule has 0 spiro atoms. The van der Waals surface area contributed by atoms with Crippen molar-refractivity contribution < 1.29 is 18.3 Å². The number of carbonyl (C=O) groups is 1. The van der Waals surface area contributed by atoms with Crippen LogP contribution in [0.4, 0.5) is 0 Å². The van der Waals surface area contributed by atoms with Crippen molar-refractivity contribution in [3.63, 3.8) is 0 Å². The molecule has 1 saturated heterocycles. The molecule has 5 rings (SSSR count). The van der Waals surface area contributed by atoms with Gasteiger partial charge in [-0.05, 0) is 60.9 Å². The number of rotatable bonds is 5. The van der Waals surface area contributed by atoms with Gasteiger partial charge in [0.1, 0.15) is 0 Å². The number of amides is 1. The zero-order chi connectivity index (χ0) is 25.4. The summed E-state index contributed by atoms with van der Waals surface area (Å²) in [6.45, 7) is 0.961. The van der Waals surface area contributed by atoms with Gasteiger partial charge in [0.05, 0.1) is 32.3 Å². The fourth-order valence-corrected chi connectivity index (χ4v) is 6.10. The minimum Gasteiger partial charge on any atom is -0.393 e. The first kappa shape index (κ1) is 24.7. The molecular weight excluding hydrogens is 518 g/mol. The highest BCUT2D eigenvalue weighted by molar-refractivity contribution is 7.90. The predicted octanol–water partition coefficient (Wildman–Crippen LogP) is 4.92. The first-order valence-electron chi connectivity index (χ1n) is 11.4. The third-order valence-electron chi connectivity index (χ3n) is 6.17. The van der Waals surface area contributed by atoms with Crippen molar-refractivity contribution in [3.05, 3.63) is 77.4 Å². The Labute approximate surface area is 218 Å². The van der Waals surface area contributed by atoms with Crippen molar-refractivity contribution in [1.29, 1.82) is 0 Å². The summed E-state index contributed by atoms with van der Waals surface area (Å²) >= 11 is 7.97. The van der Waals surface area contributed by atoms with Gasteiger partial charge in [0.25, 0.3) is 5.91 Å². The van der Waals surface area contributed by atoms with Crippen molar-refractivity contribution in [1.82, 2.24) is 14.7 Å². The van der Waals surface area contributed by atoms with Crippen molar-refractivity contribution >= 4 is 38.7 Å². The van der Waals surface area contributed by atoms with Gasteiger partial charge in [-0.3, -0.25) is 4.79 Å². The number of thiophene rings is 1. The first-order valence-corrected chi connectivity index (χ1v) is 14.5. The number of hydrogen-bond donors (Lipinski definition) is 1. The maximum absolute atomic E-state index is 13.3. The molecule has 3 heterocycles. The van der Waals surface area contributed by atoms with Crippen molar-refractivity contribution in [2.45, 2.75) is 23.8 Å². The van der Waals surface area contributed by atoms with Crippen molar-refractivity contribution in [3.8, 4) is 26.7 Å². The molecule has 2 aromatic heterocycles. The fourth-order valence-electron chi connectivity index (χ4n) is 4.21. The van der Waals surface area contributed by atoms with E-state index in [1.165, 1.54) is 17.6 Å². The lowest BCUT2D eigenvalue weighted by Gasteiger charge is -2.28. The number of aliphatic hydroxyl groups is 1. The van der Waals surface area contributed by atoms with E-state index in [0.29, 0.717) is 48.0 Å². The van der Waals surface area contributed by atoms with E-state index < -0.39 is 9.84 Å². The number of aliphatic hydroxyl groups excluding tert-OH is 1. The molecule has 1 fully saturated rings. The number of sulfone groups is 1. The molecule has 0 aliphatic carbocycles. The molecule has 0 atom stereocenters. The maximum atomic E-state index is 13.3. The zero-order valence-corrected chi connectivity index (χ0v) is 21.9. The Morgan fingerprint density at radius 3 is 2.47 bits per heavy atom. The van der Waals surface area contributed by atoms with Crippen LogP contribution in [-0.2, 0) is 9.84 Å². The molecule has 1 aliphatic heterocycles. The van der Waals surface area contributed by atoms with Gasteiger partial charge in [-0.1, -0.05) is 35.9 Å². The number of benzene rings is 2. The lowest BCUT2D eigenvalue weighted by Crippen LogP contribution is -2.40. The van der Waals surface area contributed by atoms with Crippen LogP contribution in [0.15, 0.2) is 71.6 Å². The second-order valence-corrected chi connectivity index (χ2v) is 12.3. The number of nitrogens with zero attached hydrogens (tertiary/aromatic N) is 3. The maximum Gasteiger partial charge on any atom is 0.274 e. The first-order chi connectivity index (χ1) is 17.2.